The number of carbonyl (C=O) groups is 1. The smallest absolute Gasteiger partial charge is 0.228 e. The quantitative estimate of drug-likeness (QED) is 0.823. The molecule has 1 aliphatic heterocycles. The van der Waals surface area contributed by atoms with Crippen LogP contribution in [-0.4, -0.2) is 41.5 Å². The Kier molecular flexibility index (Phi) is 10.4. The highest BCUT2D eigenvalue weighted by Gasteiger charge is 2.26. The number of piperidine rings is 1. The van der Waals surface area contributed by atoms with Crippen LogP contribution in [0.4, 0.5) is 0 Å². The lowest BCUT2D eigenvalue weighted by molar-refractivity contribution is -0.133. The predicted octanol–water partition coefficient (Wildman–Crippen LogP) is 3.82. The molecule has 0 radical (unpaired) electrons. The van der Waals surface area contributed by atoms with E-state index in [0.29, 0.717) is 12.5 Å². The van der Waals surface area contributed by atoms with Gasteiger partial charge in [-0.25, -0.2) is 4.98 Å². The molecule has 140 valence electrons. The third-order valence-electron chi connectivity index (χ3n) is 4.06. The van der Waals surface area contributed by atoms with Crippen molar-refractivity contribution in [1.82, 2.24) is 15.2 Å². The zero-order valence-electron chi connectivity index (χ0n) is 15.1. The summed E-state index contributed by atoms with van der Waals surface area (Å²) in [5.41, 5.74) is 0.986. The molecule has 0 aliphatic carbocycles. The van der Waals surface area contributed by atoms with Gasteiger partial charge in [0.1, 0.15) is 0 Å². The van der Waals surface area contributed by atoms with E-state index in [1.165, 1.54) is 0 Å². The summed E-state index contributed by atoms with van der Waals surface area (Å²) in [6, 6.07) is 0.398. The van der Waals surface area contributed by atoms with Crippen LogP contribution >= 0.6 is 36.2 Å². The number of halogens is 2. The van der Waals surface area contributed by atoms with E-state index in [1.54, 1.807) is 11.3 Å². The molecule has 0 unspecified atom stereocenters. The van der Waals surface area contributed by atoms with Crippen LogP contribution < -0.4 is 5.32 Å². The molecular weight excluding hydrogens is 365 g/mol. The first kappa shape index (κ1) is 23.6. The molecule has 1 aliphatic rings. The third kappa shape index (κ3) is 6.51. The third-order valence-corrected chi connectivity index (χ3v) is 5.38. The molecule has 2 heterocycles. The van der Waals surface area contributed by atoms with Gasteiger partial charge in [-0.05, 0) is 32.4 Å². The molecule has 0 bridgehead atoms. The number of aromatic nitrogens is 1. The highest BCUT2D eigenvalue weighted by atomic mass is 35.5. The summed E-state index contributed by atoms with van der Waals surface area (Å²) in [6.07, 6.45) is 3.59. The number of rotatable bonds is 5. The topological polar surface area (TPSA) is 45.2 Å². The van der Waals surface area contributed by atoms with Crippen LogP contribution in [0.3, 0.4) is 0 Å². The molecule has 24 heavy (non-hydrogen) atoms. The van der Waals surface area contributed by atoms with Crippen molar-refractivity contribution < 1.29 is 4.79 Å². The Morgan fingerprint density at radius 2 is 1.96 bits per heavy atom. The van der Waals surface area contributed by atoms with Crippen molar-refractivity contribution in [2.45, 2.75) is 64.8 Å². The number of hydrogen-bond acceptors (Lipinski definition) is 4. The minimum Gasteiger partial charge on any atom is -0.339 e. The Balaban J connectivity index is 0.00000264. The van der Waals surface area contributed by atoms with Crippen LogP contribution in [0.2, 0.25) is 0 Å². The summed E-state index contributed by atoms with van der Waals surface area (Å²) in [6.45, 7) is 11.5. The SMILES string of the molecule is CCCN(C(=O)Cc1csc(C(C)(C)C)n1)C1CCNCC1.Cl.Cl. The molecule has 1 N–H and O–H groups in total. The van der Waals surface area contributed by atoms with Gasteiger partial charge in [0.05, 0.1) is 17.1 Å². The molecule has 4 nitrogen and oxygen atoms in total. The van der Waals surface area contributed by atoms with Crippen molar-refractivity contribution in [2.75, 3.05) is 19.6 Å². The highest BCUT2D eigenvalue weighted by molar-refractivity contribution is 7.09. The van der Waals surface area contributed by atoms with E-state index in [0.717, 1.165) is 49.6 Å². The minimum absolute atomic E-state index is 0. The fourth-order valence-corrected chi connectivity index (χ4v) is 3.77. The average molecular weight is 396 g/mol. The Morgan fingerprint density at radius 3 is 2.46 bits per heavy atom. The van der Waals surface area contributed by atoms with Gasteiger partial charge in [0.15, 0.2) is 0 Å². The van der Waals surface area contributed by atoms with Gasteiger partial charge in [0.2, 0.25) is 5.91 Å². The van der Waals surface area contributed by atoms with Crippen LogP contribution in [0.5, 0.6) is 0 Å². The minimum atomic E-state index is 0. The van der Waals surface area contributed by atoms with E-state index in [9.17, 15) is 4.79 Å². The van der Waals surface area contributed by atoms with Gasteiger partial charge in [0.25, 0.3) is 0 Å². The Morgan fingerprint density at radius 1 is 1.33 bits per heavy atom. The maximum Gasteiger partial charge on any atom is 0.228 e. The molecular formula is C17H31Cl2N3OS. The van der Waals surface area contributed by atoms with E-state index >= 15 is 0 Å². The lowest BCUT2D eigenvalue weighted by Gasteiger charge is -2.34. The maximum atomic E-state index is 12.7. The molecule has 1 amide bonds. The molecule has 2 rings (SSSR count). The second-order valence-electron chi connectivity index (χ2n) is 7.14. The Hall–Kier alpha value is -0.360. The van der Waals surface area contributed by atoms with Crippen LogP contribution in [-0.2, 0) is 16.6 Å². The van der Waals surface area contributed by atoms with Crippen LogP contribution in [0, 0.1) is 0 Å². The lowest BCUT2D eigenvalue weighted by atomic mass is 9.98. The molecule has 0 atom stereocenters. The summed E-state index contributed by atoms with van der Waals surface area (Å²) in [4.78, 5) is 19.5. The van der Waals surface area contributed by atoms with Crippen LogP contribution in [0.15, 0.2) is 5.38 Å². The molecule has 0 saturated carbocycles. The van der Waals surface area contributed by atoms with Crippen molar-refractivity contribution in [1.29, 1.82) is 0 Å². The summed E-state index contributed by atoms with van der Waals surface area (Å²) in [5, 5.41) is 6.53. The summed E-state index contributed by atoms with van der Waals surface area (Å²) in [5.74, 6) is 0.236. The van der Waals surface area contributed by atoms with Gasteiger partial charge >= 0.3 is 0 Å². The fourth-order valence-electron chi connectivity index (χ4n) is 2.86. The monoisotopic (exact) mass is 395 g/mol. The average Bonchev–Trinajstić information content (AvgIpc) is 2.94. The second kappa shape index (κ2) is 10.6. The van der Waals surface area contributed by atoms with Gasteiger partial charge in [-0.2, -0.15) is 0 Å². The van der Waals surface area contributed by atoms with Crippen LogP contribution in [0.1, 0.15) is 57.7 Å². The van der Waals surface area contributed by atoms with Crippen LogP contribution in [0.25, 0.3) is 0 Å². The predicted molar refractivity (Wildman–Crippen MR) is 107 cm³/mol. The van der Waals surface area contributed by atoms with Crippen molar-refractivity contribution in [3.8, 4) is 0 Å². The molecule has 1 fully saturated rings. The molecule has 0 spiro atoms. The molecule has 1 saturated heterocycles. The first-order chi connectivity index (χ1) is 10.4. The number of thiazole rings is 1. The second-order valence-corrected chi connectivity index (χ2v) is 8.00. The van der Waals surface area contributed by atoms with Crippen molar-refractivity contribution in [3.05, 3.63) is 16.1 Å². The number of nitrogens with one attached hydrogen (secondary N) is 1. The van der Waals surface area contributed by atoms with E-state index in [-0.39, 0.29) is 36.1 Å². The number of carbonyl (C=O) groups excluding carboxylic acids is 1. The molecule has 7 heteroatoms. The summed E-state index contributed by atoms with van der Waals surface area (Å²) < 4.78 is 0. The fraction of sp³-hybridized carbons (Fsp3) is 0.765. The zero-order chi connectivity index (χ0) is 16.2. The van der Waals surface area contributed by atoms with Crippen molar-refractivity contribution in [3.63, 3.8) is 0 Å². The Bertz CT molecular complexity index is 496. The lowest BCUT2D eigenvalue weighted by Crippen LogP contribution is -2.47. The largest absolute Gasteiger partial charge is 0.339 e. The highest BCUT2D eigenvalue weighted by Crippen LogP contribution is 2.26. The van der Waals surface area contributed by atoms with Gasteiger partial charge in [0, 0.05) is 23.4 Å². The first-order valence-electron chi connectivity index (χ1n) is 8.37. The summed E-state index contributed by atoms with van der Waals surface area (Å²) >= 11 is 1.67. The standard InChI is InChI=1S/C17H29N3OS.2ClH/c1-5-10-20(14-6-8-18-9-7-14)15(21)11-13-12-22-16(19-13)17(2,3)4;;/h12,14,18H,5-11H2,1-4H3;2*1H. The normalized spacial score (nSPS) is 15.3. The van der Waals surface area contributed by atoms with E-state index in [1.807, 2.05) is 5.38 Å². The number of nitrogens with zero attached hydrogens (tertiary/aromatic N) is 2. The first-order valence-corrected chi connectivity index (χ1v) is 9.25. The van der Waals surface area contributed by atoms with E-state index in [4.69, 9.17) is 0 Å². The number of hydrogen-bond donors (Lipinski definition) is 1. The zero-order valence-corrected chi connectivity index (χ0v) is 17.6. The van der Waals surface area contributed by atoms with Gasteiger partial charge in [-0.1, -0.05) is 27.7 Å². The molecule has 1 aromatic heterocycles. The molecule has 1 aromatic rings. The van der Waals surface area contributed by atoms with Crippen molar-refractivity contribution >= 4 is 42.1 Å². The molecule has 0 aromatic carbocycles. The Labute approximate surface area is 162 Å². The van der Waals surface area contributed by atoms with E-state index in [2.05, 4.69) is 42.9 Å². The van der Waals surface area contributed by atoms with Crippen molar-refractivity contribution in [2.24, 2.45) is 0 Å². The van der Waals surface area contributed by atoms with E-state index < -0.39 is 0 Å². The number of amides is 1. The van der Waals surface area contributed by atoms with Gasteiger partial charge < -0.3 is 10.2 Å². The summed E-state index contributed by atoms with van der Waals surface area (Å²) in [7, 11) is 0. The maximum absolute atomic E-state index is 12.7. The van der Waals surface area contributed by atoms with Gasteiger partial charge in [-0.3, -0.25) is 4.79 Å². The van der Waals surface area contributed by atoms with Gasteiger partial charge in [-0.15, -0.1) is 36.2 Å².